The van der Waals surface area contributed by atoms with Gasteiger partial charge < -0.3 is 9.84 Å². The number of hydrogen-bond donors (Lipinski definition) is 1. The first-order valence-corrected chi connectivity index (χ1v) is 4.94. The van der Waals surface area contributed by atoms with Crippen LogP contribution >= 0.6 is 0 Å². The highest BCUT2D eigenvalue weighted by Gasteiger charge is 2.03. The Morgan fingerprint density at radius 2 is 2.19 bits per heavy atom. The zero-order valence-corrected chi connectivity index (χ0v) is 9.12. The van der Waals surface area contributed by atoms with E-state index in [0.29, 0.717) is 18.3 Å². The lowest BCUT2D eigenvalue weighted by Crippen LogP contribution is -2.02. The third-order valence-electron chi connectivity index (χ3n) is 2.20. The molecule has 0 spiro atoms. The third-order valence-corrected chi connectivity index (χ3v) is 2.20. The van der Waals surface area contributed by atoms with Crippen LogP contribution in [0.3, 0.4) is 0 Å². The first-order chi connectivity index (χ1) is 7.65. The number of anilines is 1. The Labute approximate surface area is 92.5 Å². The summed E-state index contributed by atoms with van der Waals surface area (Å²) in [6, 6.07) is 4.58. The fourth-order valence-electron chi connectivity index (χ4n) is 1.41. The highest BCUT2D eigenvalue weighted by Crippen LogP contribution is 2.16. The zero-order valence-electron chi connectivity index (χ0n) is 9.12. The van der Waals surface area contributed by atoms with Crippen molar-refractivity contribution in [1.82, 2.24) is 10.1 Å². The summed E-state index contributed by atoms with van der Waals surface area (Å²) >= 11 is 0. The quantitative estimate of drug-likeness (QED) is 0.864. The number of halogens is 1. The standard InChI is InChI=1S/C11H12FN3O/c1-7-5-9(12)3-4-10(7)13-6-11-14-8(2)16-15-11/h3-5,13H,6H2,1-2H3. The number of nitrogens with one attached hydrogen (secondary N) is 1. The Hall–Kier alpha value is -1.91. The van der Waals surface area contributed by atoms with Crippen LogP contribution in [0.1, 0.15) is 17.3 Å². The second-order valence-corrected chi connectivity index (χ2v) is 3.54. The first-order valence-electron chi connectivity index (χ1n) is 4.94. The molecular weight excluding hydrogens is 209 g/mol. The van der Waals surface area contributed by atoms with Crippen LogP contribution in [-0.2, 0) is 6.54 Å². The average Bonchev–Trinajstić information content (AvgIpc) is 2.63. The van der Waals surface area contributed by atoms with Gasteiger partial charge in [-0.05, 0) is 30.7 Å². The highest BCUT2D eigenvalue weighted by atomic mass is 19.1. The minimum absolute atomic E-state index is 0.238. The summed E-state index contributed by atoms with van der Waals surface area (Å²) in [5, 5.41) is 6.87. The van der Waals surface area contributed by atoms with E-state index < -0.39 is 0 Å². The summed E-state index contributed by atoms with van der Waals surface area (Å²) in [5.41, 5.74) is 1.71. The fourth-order valence-corrected chi connectivity index (χ4v) is 1.41. The normalized spacial score (nSPS) is 10.4. The maximum absolute atomic E-state index is 12.8. The molecular formula is C11H12FN3O. The Bertz CT molecular complexity index is 496. The minimum Gasteiger partial charge on any atom is -0.377 e. The molecule has 16 heavy (non-hydrogen) atoms. The van der Waals surface area contributed by atoms with Crippen LogP contribution in [-0.4, -0.2) is 10.1 Å². The van der Waals surface area contributed by atoms with Crippen LogP contribution < -0.4 is 5.32 Å². The molecule has 5 heteroatoms. The second kappa shape index (κ2) is 4.30. The number of aromatic nitrogens is 2. The summed E-state index contributed by atoms with van der Waals surface area (Å²) in [6.07, 6.45) is 0. The van der Waals surface area contributed by atoms with Crippen molar-refractivity contribution in [3.05, 3.63) is 41.3 Å². The molecule has 0 saturated heterocycles. The maximum atomic E-state index is 12.8. The van der Waals surface area contributed by atoms with Crippen molar-refractivity contribution in [2.45, 2.75) is 20.4 Å². The molecule has 4 nitrogen and oxygen atoms in total. The van der Waals surface area contributed by atoms with Crippen molar-refractivity contribution in [1.29, 1.82) is 0 Å². The van der Waals surface area contributed by atoms with Crippen molar-refractivity contribution < 1.29 is 8.91 Å². The number of benzene rings is 1. The molecule has 2 rings (SSSR count). The summed E-state index contributed by atoms with van der Waals surface area (Å²) in [5.74, 6) is 0.882. The predicted molar refractivity (Wildman–Crippen MR) is 57.5 cm³/mol. The number of hydrogen-bond acceptors (Lipinski definition) is 4. The van der Waals surface area contributed by atoms with Crippen LogP contribution in [0.15, 0.2) is 22.7 Å². The molecule has 0 aliphatic rings. The van der Waals surface area contributed by atoms with Crippen molar-refractivity contribution in [2.24, 2.45) is 0 Å². The molecule has 1 heterocycles. The Morgan fingerprint density at radius 3 is 2.81 bits per heavy atom. The minimum atomic E-state index is -0.238. The van der Waals surface area contributed by atoms with Crippen molar-refractivity contribution in [2.75, 3.05) is 5.32 Å². The molecule has 0 bridgehead atoms. The fraction of sp³-hybridized carbons (Fsp3) is 0.273. The van der Waals surface area contributed by atoms with Gasteiger partial charge in [0.2, 0.25) is 5.89 Å². The van der Waals surface area contributed by atoms with Gasteiger partial charge in [-0.2, -0.15) is 4.98 Å². The second-order valence-electron chi connectivity index (χ2n) is 3.54. The molecule has 0 radical (unpaired) electrons. The van der Waals surface area contributed by atoms with E-state index in [1.807, 2.05) is 6.92 Å². The van der Waals surface area contributed by atoms with Gasteiger partial charge in [0, 0.05) is 12.6 Å². The van der Waals surface area contributed by atoms with E-state index in [0.717, 1.165) is 11.3 Å². The molecule has 0 unspecified atom stereocenters. The molecule has 1 aromatic carbocycles. The molecule has 1 N–H and O–H groups in total. The smallest absolute Gasteiger partial charge is 0.223 e. The first kappa shape index (κ1) is 10.6. The summed E-state index contributed by atoms with van der Waals surface area (Å²) in [4.78, 5) is 4.06. The highest BCUT2D eigenvalue weighted by molar-refractivity contribution is 5.50. The maximum Gasteiger partial charge on any atom is 0.223 e. The molecule has 2 aromatic rings. The largest absolute Gasteiger partial charge is 0.377 e. The SMILES string of the molecule is Cc1nc(CNc2ccc(F)cc2C)no1. The van der Waals surface area contributed by atoms with E-state index in [9.17, 15) is 4.39 Å². The van der Waals surface area contributed by atoms with Gasteiger partial charge >= 0.3 is 0 Å². The van der Waals surface area contributed by atoms with Gasteiger partial charge in [-0.25, -0.2) is 4.39 Å². The summed E-state index contributed by atoms with van der Waals surface area (Å²) < 4.78 is 17.7. The van der Waals surface area contributed by atoms with Crippen LogP contribution in [0, 0.1) is 19.7 Å². The van der Waals surface area contributed by atoms with E-state index >= 15 is 0 Å². The summed E-state index contributed by atoms with van der Waals surface area (Å²) in [7, 11) is 0. The van der Waals surface area contributed by atoms with Gasteiger partial charge in [-0.1, -0.05) is 5.16 Å². The van der Waals surface area contributed by atoms with E-state index in [-0.39, 0.29) is 5.82 Å². The Morgan fingerprint density at radius 1 is 1.38 bits per heavy atom. The molecule has 0 aliphatic heterocycles. The average molecular weight is 221 g/mol. The lowest BCUT2D eigenvalue weighted by atomic mass is 10.2. The van der Waals surface area contributed by atoms with Gasteiger partial charge in [-0.3, -0.25) is 0 Å². The van der Waals surface area contributed by atoms with E-state index in [1.165, 1.54) is 12.1 Å². The third kappa shape index (κ3) is 2.36. The summed E-state index contributed by atoms with van der Waals surface area (Å²) in [6.45, 7) is 4.04. The van der Waals surface area contributed by atoms with E-state index in [2.05, 4.69) is 15.5 Å². The molecule has 84 valence electrons. The predicted octanol–water partition coefficient (Wildman–Crippen LogP) is 2.44. The van der Waals surface area contributed by atoms with Gasteiger partial charge in [0.05, 0.1) is 6.54 Å². The van der Waals surface area contributed by atoms with Gasteiger partial charge in [0.15, 0.2) is 5.82 Å². The van der Waals surface area contributed by atoms with Gasteiger partial charge in [0.25, 0.3) is 0 Å². The lowest BCUT2D eigenvalue weighted by Gasteiger charge is -2.06. The molecule has 0 fully saturated rings. The van der Waals surface area contributed by atoms with E-state index in [4.69, 9.17) is 4.52 Å². The monoisotopic (exact) mass is 221 g/mol. The molecule has 0 aliphatic carbocycles. The molecule has 1 aromatic heterocycles. The molecule has 0 atom stereocenters. The Kier molecular flexibility index (Phi) is 2.85. The van der Waals surface area contributed by atoms with Crippen LogP contribution in [0.25, 0.3) is 0 Å². The van der Waals surface area contributed by atoms with Crippen molar-refractivity contribution in [3.8, 4) is 0 Å². The zero-order chi connectivity index (χ0) is 11.5. The number of nitrogens with zero attached hydrogens (tertiary/aromatic N) is 2. The lowest BCUT2D eigenvalue weighted by molar-refractivity contribution is 0.388. The molecule has 0 amide bonds. The molecule has 0 saturated carbocycles. The number of aryl methyl sites for hydroxylation is 2. The van der Waals surface area contributed by atoms with Crippen molar-refractivity contribution >= 4 is 5.69 Å². The van der Waals surface area contributed by atoms with Crippen molar-refractivity contribution in [3.63, 3.8) is 0 Å². The van der Waals surface area contributed by atoms with Gasteiger partial charge in [0.1, 0.15) is 5.82 Å². The topological polar surface area (TPSA) is 51.0 Å². The number of rotatable bonds is 3. The Balaban J connectivity index is 2.04. The van der Waals surface area contributed by atoms with Gasteiger partial charge in [-0.15, -0.1) is 0 Å². The van der Waals surface area contributed by atoms with E-state index in [1.54, 1.807) is 13.0 Å². The van der Waals surface area contributed by atoms with Crippen LogP contribution in [0.5, 0.6) is 0 Å². The van der Waals surface area contributed by atoms with Crippen LogP contribution in [0.4, 0.5) is 10.1 Å². The van der Waals surface area contributed by atoms with Crippen LogP contribution in [0.2, 0.25) is 0 Å².